The van der Waals surface area contributed by atoms with Crippen molar-refractivity contribution in [1.82, 2.24) is 0 Å². The molecule has 0 aromatic rings. The first kappa shape index (κ1) is 11.7. The van der Waals surface area contributed by atoms with Crippen LogP contribution in [0.2, 0.25) is 0 Å². The zero-order valence-corrected chi connectivity index (χ0v) is 8.80. The fourth-order valence-corrected chi connectivity index (χ4v) is 1.03. The highest BCUT2D eigenvalue weighted by atomic mass is 14.0. The van der Waals surface area contributed by atoms with Gasteiger partial charge in [-0.15, -0.1) is 0 Å². The van der Waals surface area contributed by atoms with Gasteiger partial charge in [0.25, 0.3) is 0 Å². The molecule has 0 aromatic carbocycles. The molecule has 0 saturated heterocycles. The zero-order valence-electron chi connectivity index (χ0n) is 8.80. The summed E-state index contributed by atoms with van der Waals surface area (Å²) in [5, 5.41) is 0. The summed E-state index contributed by atoms with van der Waals surface area (Å²) in [5.74, 6) is 0. The van der Waals surface area contributed by atoms with E-state index in [-0.39, 0.29) is 0 Å². The highest BCUT2D eigenvalue weighted by molar-refractivity contribution is 5.46. The van der Waals surface area contributed by atoms with E-state index in [0.29, 0.717) is 0 Å². The number of rotatable bonds is 4. The van der Waals surface area contributed by atoms with Crippen LogP contribution in [0.15, 0.2) is 60.3 Å². The molecule has 0 heteroatoms. The Bertz CT molecular complexity index is 268. The molecule has 0 N–H and O–H groups in total. The summed E-state index contributed by atoms with van der Waals surface area (Å²) < 4.78 is 0. The minimum atomic E-state index is 1.11. The minimum absolute atomic E-state index is 1.11. The maximum Gasteiger partial charge on any atom is -0.0191 e. The van der Waals surface area contributed by atoms with Gasteiger partial charge in [-0.05, 0) is 31.9 Å². The Morgan fingerprint density at radius 1 is 1.00 bits per heavy atom. The molecule has 0 aliphatic rings. The Hall–Kier alpha value is -1.30. The predicted molar refractivity (Wildman–Crippen MR) is 61.7 cm³/mol. The van der Waals surface area contributed by atoms with Crippen LogP contribution in [0.25, 0.3) is 0 Å². The Morgan fingerprint density at radius 2 is 1.54 bits per heavy atom. The van der Waals surface area contributed by atoms with E-state index in [4.69, 9.17) is 0 Å². The average molecular weight is 174 g/mol. The standard InChI is InChI=1S/C13H18/c1-6-9-12(7-2)13(8-3)10-11(4)5/h6-10H,2-3H2,1,4-5H3/b9-6-,13-12+. The molecular formula is C13H18. The Morgan fingerprint density at radius 3 is 1.85 bits per heavy atom. The molecule has 0 aliphatic carbocycles. The smallest absolute Gasteiger partial charge is 0.0191 e. The third kappa shape index (κ3) is 4.32. The molecule has 0 saturated carbocycles. The summed E-state index contributed by atoms with van der Waals surface area (Å²) in [7, 11) is 0. The highest BCUT2D eigenvalue weighted by Crippen LogP contribution is 2.12. The van der Waals surface area contributed by atoms with Crippen LogP contribution in [0.4, 0.5) is 0 Å². The van der Waals surface area contributed by atoms with Gasteiger partial charge in [0.05, 0.1) is 0 Å². The van der Waals surface area contributed by atoms with E-state index in [0.717, 1.165) is 11.1 Å². The van der Waals surface area contributed by atoms with Gasteiger partial charge < -0.3 is 0 Å². The Balaban J connectivity index is 5.17. The van der Waals surface area contributed by atoms with Gasteiger partial charge >= 0.3 is 0 Å². The van der Waals surface area contributed by atoms with Crippen LogP contribution in [0.1, 0.15) is 20.8 Å². The summed E-state index contributed by atoms with van der Waals surface area (Å²) in [4.78, 5) is 0. The van der Waals surface area contributed by atoms with Crippen LogP contribution in [-0.2, 0) is 0 Å². The second kappa shape index (κ2) is 6.24. The van der Waals surface area contributed by atoms with Crippen molar-refractivity contribution in [3.05, 3.63) is 60.3 Å². The van der Waals surface area contributed by atoms with Gasteiger partial charge in [0.2, 0.25) is 0 Å². The number of hydrogen-bond donors (Lipinski definition) is 0. The van der Waals surface area contributed by atoms with E-state index in [1.807, 2.05) is 31.2 Å². The summed E-state index contributed by atoms with van der Waals surface area (Å²) in [5.41, 5.74) is 3.49. The number of hydrogen-bond acceptors (Lipinski definition) is 0. The third-order valence-electron chi connectivity index (χ3n) is 1.56. The molecule has 0 unspecified atom stereocenters. The van der Waals surface area contributed by atoms with E-state index in [2.05, 4.69) is 33.1 Å². The maximum atomic E-state index is 3.78. The number of allylic oxidation sites excluding steroid dienone is 8. The molecule has 0 radical (unpaired) electrons. The average Bonchev–Trinajstić information content (AvgIpc) is 2.10. The first-order chi connectivity index (χ1) is 6.15. The molecule has 0 aliphatic heterocycles. The summed E-state index contributed by atoms with van der Waals surface area (Å²) in [6.07, 6.45) is 9.83. The van der Waals surface area contributed by atoms with Gasteiger partial charge in [-0.1, -0.05) is 49.1 Å². The molecule has 0 heterocycles. The highest BCUT2D eigenvalue weighted by Gasteiger charge is 1.92. The third-order valence-corrected chi connectivity index (χ3v) is 1.56. The van der Waals surface area contributed by atoms with Crippen LogP contribution in [-0.4, -0.2) is 0 Å². The largest absolute Gasteiger partial charge is 0.0984 e. The van der Waals surface area contributed by atoms with Crippen molar-refractivity contribution in [2.75, 3.05) is 0 Å². The Labute approximate surface area is 81.7 Å². The van der Waals surface area contributed by atoms with Crippen molar-refractivity contribution in [2.24, 2.45) is 0 Å². The van der Waals surface area contributed by atoms with Crippen molar-refractivity contribution < 1.29 is 0 Å². The Kier molecular flexibility index (Phi) is 5.62. The molecule has 0 aromatic heterocycles. The van der Waals surface area contributed by atoms with Gasteiger partial charge in [-0.2, -0.15) is 0 Å². The van der Waals surface area contributed by atoms with E-state index in [1.165, 1.54) is 5.57 Å². The summed E-state index contributed by atoms with van der Waals surface area (Å²) in [6.45, 7) is 13.7. The van der Waals surface area contributed by atoms with Crippen molar-refractivity contribution in [3.63, 3.8) is 0 Å². The lowest BCUT2D eigenvalue weighted by Gasteiger charge is -2.00. The topological polar surface area (TPSA) is 0 Å². The lowest BCUT2D eigenvalue weighted by molar-refractivity contribution is 1.37. The van der Waals surface area contributed by atoms with Crippen molar-refractivity contribution >= 4 is 0 Å². The molecule has 0 spiro atoms. The first-order valence-electron chi connectivity index (χ1n) is 4.42. The molecule has 0 rings (SSSR count). The summed E-state index contributed by atoms with van der Waals surface area (Å²) >= 11 is 0. The van der Waals surface area contributed by atoms with Crippen LogP contribution in [0.3, 0.4) is 0 Å². The molecule has 0 fully saturated rings. The van der Waals surface area contributed by atoms with Crippen LogP contribution in [0.5, 0.6) is 0 Å². The van der Waals surface area contributed by atoms with Crippen LogP contribution >= 0.6 is 0 Å². The second-order valence-corrected chi connectivity index (χ2v) is 3.04. The summed E-state index contributed by atoms with van der Waals surface area (Å²) in [6, 6.07) is 0. The van der Waals surface area contributed by atoms with Crippen LogP contribution in [0, 0.1) is 0 Å². The molecule has 0 nitrogen and oxygen atoms in total. The monoisotopic (exact) mass is 174 g/mol. The molecule has 13 heavy (non-hydrogen) atoms. The molecule has 0 atom stereocenters. The zero-order chi connectivity index (χ0) is 10.3. The predicted octanol–water partition coefficient (Wildman–Crippen LogP) is 4.20. The van der Waals surface area contributed by atoms with Crippen molar-refractivity contribution in [3.8, 4) is 0 Å². The van der Waals surface area contributed by atoms with Crippen LogP contribution < -0.4 is 0 Å². The molecular weight excluding hydrogens is 156 g/mol. The SMILES string of the molecule is C=C/C(C=C(C)C)=C(C=C)\C=C/C. The van der Waals surface area contributed by atoms with Gasteiger partial charge in [0.1, 0.15) is 0 Å². The van der Waals surface area contributed by atoms with Crippen molar-refractivity contribution in [2.45, 2.75) is 20.8 Å². The van der Waals surface area contributed by atoms with Crippen molar-refractivity contribution in [1.29, 1.82) is 0 Å². The normalized spacial score (nSPS) is 12.2. The van der Waals surface area contributed by atoms with Gasteiger partial charge in [-0.3, -0.25) is 0 Å². The molecule has 70 valence electrons. The maximum absolute atomic E-state index is 3.78. The van der Waals surface area contributed by atoms with E-state index in [9.17, 15) is 0 Å². The van der Waals surface area contributed by atoms with Gasteiger partial charge in [-0.25, -0.2) is 0 Å². The quantitative estimate of drug-likeness (QED) is 0.560. The minimum Gasteiger partial charge on any atom is -0.0984 e. The molecule has 0 bridgehead atoms. The van der Waals surface area contributed by atoms with E-state index >= 15 is 0 Å². The van der Waals surface area contributed by atoms with Gasteiger partial charge in [0.15, 0.2) is 0 Å². The lowest BCUT2D eigenvalue weighted by Crippen LogP contribution is -1.80. The fourth-order valence-electron chi connectivity index (χ4n) is 1.03. The lowest BCUT2D eigenvalue weighted by atomic mass is 10.1. The van der Waals surface area contributed by atoms with E-state index in [1.54, 1.807) is 0 Å². The molecule has 0 amide bonds. The van der Waals surface area contributed by atoms with E-state index < -0.39 is 0 Å². The van der Waals surface area contributed by atoms with Gasteiger partial charge in [0, 0.05) is 0 Å². The second-order valence-electron chi connectivity index (χ2n) is 3.04. The fraction of sp³-hybridized carbons (Fsp3) is 0.231. The first-order valence-corrected chi connectivity index (χ1v) is 4.42.